The minimum Gasteiger partial charge on any atom is -0.308 e. The van der Waals surface area contributed by atoms with Crippen LogP contribution in [0.4, 0.5) is 0 Å². The van der Waals surface area contributed by atoms with Crippen LogP contribution < -0.4 is 5.32 Å². The van der Waals surface area contributed by atoms with Crippen LogP contribution in [-0.2, 0) is 16.4 Å². The zero-order valence-corrected chi connectivity index (χ0v) is 15.2. The van der Waals surface area contributed by atoms with Gasteiger partial charge in [-0.1, -0.05) is 13.8 Å². The monoisotopic (exact) mass is 365 g/mol. The Balaban J connectivity index is 3.38. The van der Waals surface area contributed by atoms with Crippen LogP contribution in [0.1, 0.15) is 45.9 Å². The first-order valence-electron chi connectivity index (χ1n) is 6.81. The highest BCUT2D eigenvalue weighted by Crippen LogP contribution is 2.35. The van der Waals surface area contributed by atoms with E-state index in [0.29, 0.717) is 6.54 Å². The number of nitrogens with zero attached hydrogens (tertiary/aromatic N) is 2. The molecule has 7 heteroatoms. The molecule has 1 heterocycles. The summed E-state index contributed by atoms with van der Waals surface area (Å²) in [5, 5.41) is 7.64. The standard InChI is InChI=1S/C13H24BrN3O2S/c1-6-8-17-11(10(14)9-16-17)12(15-7-2)13(3,4)20(5,18)19/h9,12,15H,6-8H2,1-5H3. The number of aromatic nitrogens is 2. The lowest BCUT2D eigenvalue weighted by Crippen LogP contribution is -2.46. The molecule has 0 saturated heterocycles. The fourth-order valence-corrected chi connectivity index (χ4v) is 3.29. The highest BCUT2D eigenvalue weighted by atomic mass is 79.9. The lowest BCUT2D eigenvalue weighted by atomic mass is 9.99. The summed E-state index contributed by atoms with van der Waals surface area (Å²) in [4.78, 5) is 0. The molecular weight excluding hydrogens is 342 g/mol. The normalized spacial score (nSPS) is 14.5. The van der Waals surface area contributed by atoms with Crippen molar-refractivity contribution >= 4 is 25.8 Å². The lowest BCUT2D eigenvalue weighted by molar-refractivity contribution is 0.396. The first-order valence-corrected chi connectivity index (χ1v) is 9.49. The Morgan fingerprint density at radius 2 is 2.05 bits per heavy atom. The molecule has 0 bridgehead atoms. The average molecular weight is 366 g/mol. The summed E-state index contributed by atoms with van der Waals surface area (Å²) in [6.45, 7) is 9.01. The van der Waals surface area contributed by atoms with Crippen LogP contribution in [0, 0.1) is 0 Å². The van der Waals surface area contributed by atoms with Gasteiger partial charge in [-0.3, -0.25) is 4.68 Å². The second kappa shape index (κ2) is 6.58. The van der Waals surface area contributed by atoms with Gasteiger partial charge in [0.15, 0.2) is 9.84 Å². The number of rotatable bonds is 7. The van der Waals surface area contributed by atoms with Gasteiger partial charge in [0.05, 0.1) is 27.2 Å². The zero-order valence-electron chi connectivity index (χ0n) is 12.8. The summed E-state index contributed by atoms with van der Waals surface area (Å²) < 4.78 is 26.1. The SMILES string of the molecule is CCCn1ncc(Br)c1C(NCC)C(C)(C)S(C)(=O)=O. The fraction of sp³-hybridized carbons (Fsp3) is 0.769. The molecule has 5 nitrogen and oxygen atoms in total. The Morgan fingerprint density at radius 3 is 2.50 bits per heavy atom. The van der Waals surface area contributed by atoms with Gasteiger partial charge in [0.1, 0.15) is 0 Å². The van der Waals surface area contributed by atoms with Crippen molar-refractivity contribution in [3.05, 3.63) is 16.4 Å². The van der Waals surface area contributed by atoms with Gasteiger partial charge in [-0.15, -0.1) is 0 Å². The molecule has 1 unspecified atom stereocenters. The van der Waals surface area contributed by atoms with Crippen LogP contribution in [0.3, 0.4) is 0 Å². The molecule has 20 heavy (non-hydrogen) atoms. The number of sulfone groups is 1. The second-order valence-corrected chi connectivity index (χ2v) is 8.92. The molecule has 1 atom stereocenters. The molecular formula is C13H24BrN3O2S. The van der Waals surface area contributed by atoms with E-state index in [2.05, 4.69) is 33.3 Å². The molecule has 0 aliphatic heterocycles. The van der Waals surface area contributed by atoms with E-state index in [1.54, 1.807) is 20.0 Å². The molecule has 0 radical (unpaired) electrons. The Kier molecular flexibility index (Phi) is 5.80. The van der Waals surface area contributed by atoms with Crippen LogP contribution in [0.5, 0.6) is 0 Å². The Hall–Kier alpha value is -0.400. The molecule has 0 aliphatic carbocycles. The molecule has 1 N–H and O–H groups in total. The summed E-state index contributed by atoms with van der Waals surface area (Å²) in [7, 11) is -3.22. The van der Waals surface area contributed by atoms with Crippen molar-refractivity contribution in [2.24, 2.45) is 0 Å². The highest BCUT2D eigenvalue weighted by molar-refractivity contribution is 9.10. The van der Waals surface area contributed by atoms with E-state index < -0.39 is 14.6 Å². The number of hydrogen-bond acceptors (Lipinski definition) is 4. The Labute approximate surface area is 130 Å². The third-order valence-corrected chi connectivity index (χ3v) is 6.36. The Morgan fingerprint density at radius 1 is 1.45 bits per heavy atom. The first-order chi connectivity index (χ1) is 9.16. The molecule has 0 aromatic carbocycles. The predicted molar refractivity (Wildman–Crippen MR) is 85.6 cm³/mol. The van der Waals surface area contributed by atoms with E-state index in [0.717, 1.165) is 23.1 Å². The van der Waals surface area contributed by atoms with Crippen LogP contribution in [-0.4, -0.2) is 35.7 Å². The van der Waals surface area contributed by atoms with E-state index in [1.165, 1.54) is 6.26 Å². The summed E-state index contributed by atoms with van der Waals surface area (Å²) in [5.74, 6) is 0. The lowest BCUT2D eigenvalue weighted by Gasteiger charge is -2.34. The van der Waals surface area contributed by atoms with Gasteiger partial charge in [0.2, 0.25) is 0 Å². The number of halogens is 1. The Bertz CT molecular complexity index is 552. The molecule has 1 rings (SSSR count). The first kappa shape index (κ1) is 17.7. The summed E-state index contributed by atoms with van der Waals surface area (Å²) >= 11 is 3.50. The molecule has 0 amide bonds. The number of hydrogen-bond donors (Lipinski definition) is 1. The van der Waals surface area contributed by atoms with Crippen LogP contribution in [0.15, 0.2) is 10.7 Å². The third kappa shape index (κ3) is 3.43. The molecule has 0 saturated carbocycles. The van der Waals surface area contributed by atoms with Crippen LogP contribution in [0.25, 0.3) is 0 Å². The maximum absolute atomic E-state index is 12.2. The summed E-state index contributed by atoms with van der Waals surface area (Å²) in [6, 6.07) is -0.314. The molecule has 0 fully saturated rings. The van der Waals surface area contributed by atoms with E-state index in [4.69, 9.17) is 0 Å². The highest BCUT2D eigenvalue weighted by Gasteiger charge is 2.42. The zero-order chi connectivity index (χ0) is 15.6. The quantitative estimate of drug-likeness (QED) is 0.806. The van der Waals surface area contributed by atoms with Crippen molar-refractivity contribution in [2.45, 2.75) is 51.4 Å². The fourth-order valence-electron chi connectivity index (χ4n) is 2.14. The summed E-state index contributed by atoms with van der Waals surface area (Å²) in [5.41, 5.74) is 0.893. The van der Waals surface area contributed by atoms with Gasteiger partial charge in [-0.05, 0) is 42.7 Å². The number of aryl methyl sites for hydroxylation is 1. The van der Waals surface area contributed by atoms with Gasteiger partial charge >= 0.3 is 0 Å². The van der Waals surface area contributed by atoms with Crippen molar-refractivity contribution in [3.63, 3.8) is 0 Å². The van der Waals surface area contributed by atoms with Crippen LogP contribution in [0.2, 0.25) is 0 Å². The van der Waals surface area contributed by atoms with E-state index in [9.17, 15) is 8.42 Å². The smallest absolute Gasteiger partial charge is 0.154 e. The van der Waals surface area contributed by atoms with Gasteiger partial charge < -0.3 is 5.32 Å². The topological polar surface area (TPSA) is 64.0 Å². The minimum atomic E-state index is -3.22. The largest absolute Gasteiger partial charge is 0.308 e. The predicted octanol–water partition coefficient (Wildman–Crippen LogP) is 2.53. The molecule has 0 aliphatic rings. The van der Waals surface area contributed by atoms with E-state index in [-0.39, 0.29) is 6.04 Å². The van der Waals surface area contributed by atoms with E-state index in [1.807, 2.05) is 11.6 Å². The van der Waals surface area contributed by atoms with Gasteiger partial charge in [0, 0.05) is 12.8 Å². The van der Waals surface area contributed by atoms with Gasteiger partial charge in [-0.25, -0.2) is 8.42 Å². The molecule has 116 valence electrons. The number of nitrogens with one attached hydrogen (secondary N) is 1. The van der Waals surface area contributed by atoms with Crippen molar-refractivity contribution < 1.29 is 8.42 Å². The maximum atomic E-state index is 12.2. The van der Waals surface area contributed by atoms with Gasteiger partial charge in [-0.2, -0.15) is 5.10 Å². The summed E-state index contributed by atoms with van der Waals surface area (Å²) in [6.07, 6.45) is 3.96. The average Bonchev–Trinajstić information content (AvgIpc) is 2.67. The van der Waals surface area contributed by atoms with E-state index >= 15 is 0 Å². The molecule has 1 aromatic heterocycles. The van der Waals surface area contributed by atoms with Crippen molar-refractivity contribution in [1.29, 1.82) is 0 Å². The van der Waals surface area contributed by atoms with Crippen LogP contribution >= 0.6 is 15.9 Å². The third-order valence-electron chi connectivity index (χ3n) is 3.60. The van der Waals surface area contributed by atoms with Crippen molar-refractivity contribution in [1.82, 2.24) is 15.1 Å². The minimum absolute atomic E-state index is 0.314. The van der Waals surface area contributed by atoms with Crippen molar-refractivity contribution in [3.8, 4) is 0 Å². The van der Waals surface area contributed by atoms with Gasteiger partial charge in [0.25, 0.3) is 0 Å². The maximum Gasteiger partial charge on any atom is 0.154 e. The molecule has 0 spiro atoms. The second-order valence-electron chi connectivity index (χ2n) is 5.47. The molecule has 1 aromatic rings. The van der Waals surface area contributed by atoms with Crippen molar-refractivity contribution in [2.75, 3.05) is 12.8 Å².